The molecule has 1 N–H and O–H groups in total. The number of nitrogens with zero attached hydrogens (tertiary/aromatic N) is 5. The number of pyridine rings is 3. The molecule has 10 heteroatoms. The summed E-state index contributed by atoms with van der Waals surface area (Å²) in [6, 6.07) is 7.56. The van der Waals surface area contributed by atoms with Crippen LogP contribution in [0.25, 0.3) is 11.3 Å². The largest absolute Gasteiger partial charge is 0.485 e. The van der Waals surface area contributed by atoms with Gasteiger partial charge in [0.15, 0.2) is 5.75 Å². The van der Waals surface area contributed by atoms with Crippen molar-refractivity contribution in [1.29, 1.82) is 0 Å². The van der Waals surface area contributed by atoms with Crippen LogP contribution in [0.4, 0.5) is 17.2 Å². The Morgan fingerprint density at radius 2 is 1.95 bits per heavy atom. The van der Waals surface area contributed by atoms with Gasteiger partial charge in [0.2, 0.25) is 5.91 Å². The number of piperidine rings is 1. The van der Waals surface area contributed by atoms with Gasteiger partial charge in [0, 0.05) is 61.9 Å². The Kier molecular flexibility index (Phi) is 6.78. The van der Waals surface area contributed by atoms with Crippen LogP contribution >= 0.6 is 0 Å². The van der Waals surface area contributed by atoms with E-state index in [0.717, 1.165) is 59.9 Å². The number of rotatable bonds is 4. The molecule has 3 aromatic heterocycles. The number of carbonyl (C=O) groups is 1. The van der Waals surface area contributed by atoms with Crippen molar-refractivity contribution in [2.75, 3.05) is 49.6 Å². The molecule has 3 aliphatic rings. The van der Waals surface area contributed by atoms with E-state index in [0.29, 0.717) is 44.4 Å². The van der Waals surface area contributed by atoms with E-state index in [1.165, 1.54) is 6.08 Å². The second kappa shape index (κ2) is 10.5. The topological polar surface area (TPSA) is 102 Å². The van der Waals surface area contributed by atoms with Gasteiger partial charge in [-0.25, -0.2) is 9.97 Å². The van der Waals surface area contributed by atoms with Crippen molar-refractivity contribution in [3.8, 4) is 17.0 Å². The average molecular weight is 529 g/mol. The summed E-state index contributed by atoms with van der Waals surface area (Å²) in [5.74, 6) is 1.37. The quantitative estimate of drug-likeness (QED) is 0.514. The summed E-state index contributed by atoms with van der Waals surface area (Å²) < 4.78 is 13.6. The summed E-state index contributed by atoms with van der Waals surface area (Å²) in [4.78, 5) is 38.5. The van der Waals surface area contributed by atoms with Crippen LogP contribution in [-0.4, -0.2) is 64.7 Å². The van der Waals surface area contributed by atoms with Crippen LogP contribution in [0.3, 0.4) is 0 Å². The van der Waals surface area contributed by atoms with Crippen molar-refractivity contribution in [3.63, 3.8) is 0 Å². The Morgan fingerprint density at radius 1 is 1.15 bits per heavy atom. The van der Waals surface area contributed by atoms with Crippen molar-refractivity contribution in [3.05, 3.63) is 70.9 Å². The van der Waals surface area contributed by atoms with Gasteiger partial charge in [-0.05, 0) is 44.0 Å². The summed E-state index contributed by atoms with van der Waals surface area (Å²) in [5, 5.41) is 3.47. The number of amides is 1. The lowest BCUT2D eigenvalue weighted by Crippen LogP contribution is -2.39. The normalized spacial score (nSPS) is 17.4. The maximum atomic E-state index is 13.1. The number of aryl methyl sites for hydroxylation is 1. The number of hydrogen-bond donors (Lipinski definition) is 1. The molecule has 0 saturated carbocycles. The molecule has 6 heterocycles. The first-order chi connectivity index (χ1) is 19.0. The van der Waals surface area contributed by atoms with E-state index in [-0.39, 0.29) is 17.5 Å². The lowest BCUT2D eigenvalue weighted by Gasteiger charge is -2.32. The van der Waals surface area contributed by atoms with Gasteiger partial charge in [-0.2, -0.15) is 0 Å². The minimum Gasteiger partial charge on any atom is -0.485 e. The lowest BCUT2D eigenvalue weighted by molar-refractivity contribution is -0.127. The third-order valence-electron chi connectivity index (χ3n) is 7.73. The fourth-order valence-corrected chi connectivity index (χ4v) is 5.63. The zero-order valence-electron chi connectivity index (χ0n) is 22.1. The van der Waals surface area contributed by atoms with Gasteiger partial charge in [0.25, 0.3) is 5.56 Å². The van der Waals surface area contributed by atoms with Gasteiger partial charge in [0.1, 0.15) is 12.4 Å². The predicted octanol–water partition coefficient (Wildman–Crippen LogP) is 3.44. The fraction of sp³-hybridized carbons (Fsp3) is 0.379. The van der Waals surface area contributed by atoms with Crippen molar-refractivity contribution < 1.29 is 14.3 Å². The van der Waals surface area contributed by atoms with E-state index in [4.69, 9.17) is 14.5 Å². The standard InChI is InChI=1S/C29H32N6O4/c1-3-26(36)34-9-6-21(7-10-34)35-11-5-20(16-27(35)37)23-17-24-28(19(2)31-23)39-18-22-25(4-8-30-29(22)32-24)33-12-14-38-15-13-33/h3-5,8,11,16-17,21H,1,6-7,9-10,12-15,18H2,2H3,(H,30,32). The highest BCUT2D eigenvalue weighted by Crippen LogP contribution is 2.40. The number of aromatic nitrogens is 3. The van der Waals surface area contributed by atoms with Gasteiger partial charge >= 0.3 is 0 Å². The van der Waals surface area contributed by atoms with Crippen LogP contribution in [0, 0.1) is 6.92 Å². The molecule has 39 heavy (non-hydrogen) atoms. The molecular weight excluding hydrogens is 496 g/mol. The number of hydrogen-bond acceptors (Lipinski definition) is 8. The summed E-state index contributed by atoms with van der Waals surface area (Å²) in [5.41, 5.74) is 4.94. The maximum absolute atomic E-state index is 13.1. The Hall–Kier alpha value is -4.18. The summed E-state index contributed by atoms with van der Waals surface area (Å²) in [6.45, 7) is 10.1. The summed E-state index contributed by atoms with van der Waals surface area (Å²) >= 11 is 0. The molecule has 0 unspecified atom stereocenters. The Morgan fingerprint density at radius 3 is 2.69 bits per heavy atom. The molecule has 0 spiro atoms. The zero-order valence-corrected chi connectivity index (χ0v) is 22.1. The molecule has 0 radical (unpaired) electrons. The number of morpholine rings is 1. The van der Waals surface area contributed by atoms with E-state index >= 15 is 0 Å². The fourth-order valence-electron chi connectivity index (χ4n) is 5.63. The van der Waals surface area contributed by atoms with Gasteiger partial charge in [-0.15, -0.1) is 0 Å². The summed E-state index contributed by atoms with van der Waals surface area (Å²) in [7, 11) is 0. The average Bonchev–Trinajstić information content (AvgIpc) is 3.17. The first-order valence-electron chi connectivity index (χ1n) is 13.4. The van der Waals surface area contributed by atoms with Crippen LogP contribution in [0.1, 0.15) is 30.1 Å². The molecular formula is C29H32N6O4. The van der Waals surface area contributed by atoms with Crippen molar-refractivity contribution in [2.45, 2.75) is 32.4 Å². The van der Waals surface area contributed by atoms with Gasteiger partial charge < -0.3 is 29.2 Å². The molecule has 0 aromatic carbocycles. The first kappa shape index (κ1) is 25.1. The molecule has 3 aliphatic heterocycles. The van der Waals surface area contributed by atoms with Crippen LogP contribution in [-0.2, 0) is 16.1 Å². The van der Waals surface area contributed by atoms with Crippen molar-refractivity contribution >= 4 is 23.1 Å². The van der Waals surface area contributed by atoms with E-state index in [1.54, 1.807) is 15.5 Å². The molecule has 1 amide bonds. The van der Waals surface area contributed by atoms with Crippen LogP contribution in [0.2, 0.25) is 0 Å². The SMILES string of the molecule is C=CC(=O)N1CCC(n2ccc(-c3cc4c(c(C)n3)OCc3c(N5CCOCC5)ccnc3N4)cc2=O)CC1. The molecule has 0 atom stereocenters. The molecule has 2 saturated heterocycles. The highest BCUT2D eigenvalue weighted by molar-refractivity contribution is 5.87. The number of likely N-dealkylation sites (tertiary alicyclic amines) is 1. The minimum absolute atomic E-state index is 0.0560. The number of anilines is 3. The number of carbonyl (C=O) groups excluding carboxylic acids is 1. The van der Waals surface area contributed by atoms with E-state index in [2.05, 4.69) is 21.8 Å². The van der Waals surface area contributed by atoms with Crippen LogP contribution in [0.5, 0.6) is 5.75 Å². The number of ether oxygens (including phenoxy) is 2. The van der Waals surface area contributed by atoms with E-state index in [1.807, 2.05) is 37.5 Å². The van der Waals surface area contributed by atoms with Gasteiger partial charge in [-0.1, -0.05) is 6.58 Å². The second-order valence-electron chi connectivity index (χ2n) is 10.1. The maximum Gasteiger partial charge on any atom is 0.251 e. The molecule has 0 aliphatic carbocycles. The Labute approximate surface area is 226 Å². The lowest BCUT2D eigenvalue weighted by atomic mass is 10.0. The van der Waals surface area contributed by atoms with Crippen LogP contribution < -0.4 is 20.5 Å². The molecule has 2 fully saturated rings. The number of nitrogens with one attached hydrogen (secondary N) is 1. The zero-order chi connectivity index (χ0) is 26.9. The highest BCUT2D eigenvalue weighted by Gasteiger charge is 2.25. The van der Waals surface area contributed by atoms with Crippen molar-refractivity contribution in [2.24, 2.45) is 0 Å². The van der Waals surface area contributed by atoms with Gasteiger partial charge in [0.05, 0.1) is 35.9 Å². The molecule has 10 nitrogen and oxygen atoms in total. The van der Waals surface area contributed by atoms with Crippen molar-refractivity contribution in [1.82, 2.24) is 19.4 Å². The predicted molar refractivity (Wildman–Crippen MR) is 149 cm³/mol. The smallest absolute Gasteiger partial charge is 0.251 e. The third kappa shape index (κ3) is 4.87. The Balaban J connectivity index is 1.26. The van der Waals surface area contributed by atoms with Crippen LogP contribution in [0.15, 0.2) is 54.1 Å². The molecule has 202 valence electrons. The molecule has 3 aromatic rings. The number of fused-ring (bicyclic) bond motifs is 2. The second-order valence-corrected chi connectivity index (χ2v) is 10.1. The van der Waals surface area contributed by atoms with E-state index in [9.17, 15) is 9.59 Å². The highest BCUT2D eigenvalue weighted by atomic mass is 16.5. The third-order valence-corrected chi connectivity index (χ3v) is 7.73. The minimum atomic E-state index is -0.0817. The monoisotopic (exact) mass is 528 g/mol. The molecule has 6 rings (SSSR count). The van der Waals surface area contributed by atoms with E-state index < -0.39 is 0 Å². The summed E-state index contributed by atoms with van der Waals surface area (Å²) in [6.07, 6.45) is 6.46. The van der Waals surface area contributed by atoms with Gasteiger partial charge in [-0.3, -0.25) is 9.59 Å². The Bertz CT molecular complexity index is 1470. The first-order valence-corrected chi connectivity index (χ1v) is 13.4. The molecule has 0 bridgehead atoms.